The highest BCUT2D eigenvalue weighted by Crippen LogP contribution is 2.23. The van der Waals surface area contributed by atoms with Crippen molar-refractivity contribution in [3.63, 3.8) is 0 Å². The number of carbonyl (C=O) groups is 2. The van der Waals surface area contributed by atoms with Crippen molar-refractivity contribution in [3.05, 3.63) is 35.6 Å². The first-order chi connectivity index (χ1) is 10.2. The topological polar surface area (TPSA) is 64.6 Å². The van der Waals surface area contributed by atoms with Gasteiger partial charge in [-0.15, -0.1) is 0 Å². The first kappa shape index (κ1) is 15.1. The molecule has 5 heteroatoms. The van der Waals surface area contributed by atoms with E-state index in [1.54, 1.807) is 0 Å². The van der Waals surface area contributed by atoms with E-state index in [0.717, 1.165) is 12.8 Å². The molecule has 1 aromatic carbocycles. The normalized spacial score (nSPS) is 16.0. The second-order valence-corrected chi connectivity index (χ2v) is 4.80. The fourth-order valence-corrected chi connectivity index (χ4v) is 2.00. The molecule has 1 heterocycles. The van der Waals surface area contributed by atoms with Gasteiger partial charge < -0.3 is 9.47 Å². The summed E-state index contributed by atoms with van der Waals surface area (Å²) in [6.07, 6.45) is 5.29. The van der Waals surface area contributed by atoms with E-state index in [2.05, 4.69) is 12.2 Å². The lowest BCUT2D eigenvalue weighted by molar-refractivity contribution is -0.116. The van der Waals surface area contributed by atoms with E-state index in [1.807, 2.05) is 24.3 Å². The van der Waals surface area contributed by atoms with Gasteiger partial charge in [0.05, 0.1) is 6.61 Å². The van der Waals surface area contributed by atoms with Gasteiger partial charge in [0.1, 0.15) is 5.75 Å². The number of rotatable bonds is 7. The molecule has 0 atom stereocenters. The lowest BCUT2D eigenvalue weighted by Crippen LogP contribution is -2.18. The van der Waals surface area contributed by atoms with Crippen LogP contribution >= 0.6 is 0 Å². The van der Waals surface area contributed by atoms with Crippen LogP contribution in [0.15, 0.2) is 30.0 Å². The first-order valence-corrected chi connectivity index (χ1v) is 7.17. The molecule has 1 aromatic rings. The molecule has 0 saturated carbocycles. The van der Waals surface area contributed by atoms with Gasteiger partial charge >= 0.3 is 6.09 Å². The van der Waals surface area contributed by atoms with Crippen molar-refractivity contribution < 1.29 is 19.1 Å². The van der Waals surface area contributed by atoms with Crippen molar-refractivity contribution in [1.82, 2.24) is 5.32 Å². The van der Waals surface area contributed by atoms with Gasteiger partial charge in [-0.3, -0.25) is 10.1 Å². The molecule has 0 spiro atoms. The Balaban J connectivity index is 2.02. The van der Waals surface area contributed by atoms with Gasteiger partial charge in [-0.1, -0.05) is 44.4 Å². The number of hydrogen-bond donors (Lipinski definition) is 1. The summed E-state index contributed by atoms with van der Waals surface area (Å²) in [5, 5.41) is 2.06. The van der Waals surface area contributed by atoms with Crippen molar-refractivity contribution in [2.45, 2.75) is 32.6 Å². The summed E-state index contributed by atoms with van der Waals surface area (Å²) in [7, 11) is 0. The number of para-hydroxylation sites is 1. The molecule has 0 radical (unpaired) electrons. The van der Waals surface area contributed by atoms with Gasteiger partial charge in [0.15, 0.2) is 5.76 Å². The van der Waals surface area contributed by atoms with Crippen LogP contribution in [0.2, 0.25) is 0 Å². The molecule has 1 aliphatic heterocycles. The van der Waals surface area contributed by atoms with E-state index in [-0.39, 0.29) is 5.76 Å². The molecule has 5 nitrogen and oxygen atoms in total. The Kier molecular flexibility index (Phi) is 5.37. The zero-order valence-corrected chi connectivity index (χ0v) is 12.1. The third-order valence-electron chi connectivity index (χ3n) is 3.10. The Hall–Kier alpha value is -2.30. The van der Waals surface area contributed by atoms with Gasteiger partial charge in [0.25, 0.3) is 5.91 Å². The number of carbonyl (C=O) groups excluding carboxylic acids is 2. The molecular formula is C16H19NO4. The van der Waals surface area contributed by atoms with Crippen LogP contribution in [-0.2, 0) is 9.53 Å². The Morgan fingerprint density at radius 2 is 2.00 bits per heavy atom. The van der Waals surface area contributed by atoms with E-state index >= 15 is 0 Å². The third-order valence-corrected chi connectivity index (χ3v) is 3.10. The Labute approximate surface area is 123 Å². The summed E-state index contributed by atoms with van der Waals surface area (Å²) in [5.74, 6) is 0.136. The predicted molar refractivity (Wildman–Crippen MR) is 78.7 cm³/mol. The maximum atomic E-state index is 11.5. The zero-order valence-electron chi connectivity index (χ0n) is 12.1. The number of hydrogen-bond acceptors (Lipinski definition) is 4. The monoisotopic (exact) mass is 289 g/mol. The molecule has 0 aliphatic carbocycles. The molecule has 2 amide bonds. The first-order valence-electron chi connectivity index (χ1n) is 7.17. The van der Waals surface area contributed by atoms with E-state index in [1.165, 1.54) is 18.9 Å². The van der Waals surface area contributed by atoms with Crippen LogP contribution in [0, 0.1) is 0 Å². The van der Waals surface area contributed by atoms with E-state index < -0.39 is 12.0 Å². The van der Waals surface area contributed by atoms with Gasteiger partial charge in [-0.25, -0.2) is 4.79 Å². The molecule has 0 bridgehead atoms. The molecule has 1 aliphatic rings. The average Bonchev–Trinajstić information content (AvgIpc) is 2.78. The van der Waals surface area contributed by atoms with Crippen LogP contribution in [0.5, 0.6) is 5.75 Å². The maximum Gasteiger partial charge on any atom is 0.419 e. The van der Waals surface area contributed by atoms with Crippen LogP contribution in [0.4, 0.5) is 4.79 Å². The molecule has 2 rings (SSSR count). The van der Waals surface area contributed by atoms with E-state index in [9.17, 15) is 9.59 Å². The quantitative estimate of drug-likeness (QED) is 0.618. The number of amides is 2. The Morgan fingerprint density at radius 3 is 2.71 bits per heavy atom. The highest BCUT2D eigenvalue weighted by atomic mass is 16.6. The number of imide groups is 1. The number of benzene rings is 1. The highest BCUT2D eigenvalue weighted by molar-refractivity contribution is 6.10. The van der Waals surface area contributed by atoms with Gasteiger partial charge in [0, 0.05) is 5.56 Å². The lowest BCUT2D eigenvalue weighted by Gasteiger charge is -2.09. The smallest absolute Gasteiger partial charge is 0.419 e. The SMILES string of the molecule is CCCCCCOc1ccccc1/C=C1/OC(=O)NC1=O. The Bertz CT molecular complexity index is 551. The largest absolute Gasteiger partial charge is 0.493 e. The Morgan fingerprint density at radius 1 is 1.19 bits per heavy atom. The van der Waals surface area contributed by atoms with Crippen LogP contribution in [0.1, 0.15) is 38.2 Å². The number of cyclic esters (lactones) is 1. The fraction of sp³-hybridized carbons (Fsp3) is 0.375. The lowest BCUT2D eigenvalue weighted by atomic mass is 10.1. The number of unbranched alkanes of at least 4 members (excludes halogenated alkanes) is 3. The van der Waals surface area contributed by atoms with Crippen molar-refractivity contribution >= 4 is 18.1 Å². The standard InChI is InChI=1S/C16H19NO4/c1-2-3-4-7-10-20-13-9-6-5-8-12(13)11-14-15(18)17-16(19)21-14/h5-6,8-9,11H,2-4,7,10H2,1H3,(H,17,18,19)/b14-11+. The van der Waals surface area contributed by atoms with E-state index in [4.69, 9.17) is 9.47 Å². The van der Waals surface area contributed by atoms with Crippen LogP contribution in [-0.4, -0.2) is 18.6 Å². The predicted octanol–water partition coefficient (Wildman–Crippen LogP) is 3.25. The molecule has 1 saturated heterocycles. The zero-order chi connectivity index (χ0) is 15.1. The minimum Gasteiger partial charge on any atom is -0.493 e. The molecule has 0 unspecified atom stereocenters. The molecule has 21 heavy (non-hydrogen) atoms. The van der Waals surface area contributed by atoms with Gasteiger partial charge in [-0.05, 0) is 18.6 Å². The molecule has 1 fully saturated rings. The number of nitrogens with one attached hydrogen (secondary N) is 1. The molecular weight excluding hydrogens is 270 g/mol. The maximum absolute atomic E-state index is 11.5. The van der Waals surface area contributed by atoms with Gasteiger partial charge in [-0.2, -0.15) is 0 Å². The molecule has 112 valence electrons. The van der Waals surface area contributed by atoms with Crippen molar-refractivity contribution in [2.24, 2.45) is 0 Å². The molecule has 0 aromatic heterocycles. The minimum atomic E-state index is -0.746. The summed E-state index contributed by atoms with van der Waals surface area (Å²) in [6, 6.07) is 7.35. The number of alkyl carbamates (subject to hydrolysis) is 1. The summed E-state index contributed by atoms with van der Waals surface area (Å²) in [4.78, 5) is 22.5. The number of ether oxygens (including phenoxy) is 2. The highest BCUT2D eigenvalue weighted by Gasteiger charge is 2.26. The summed E-state index contributed by atoms with van der Waals surface area (Å²) < 4.78 is 10.5. The second-order valence-electron chi connectivity index (χ2n) is 4.80. The van der Waals surface area contributed by atoms with Crippen LogP contribution in [0.3, 0.4) is 0 Å². The van der Waals surface area contributed by atoms with Gasteiger partial charge in [0.2, 0.25) is 0 Å². The van der Waals surface area contributed by atoms with Crippen molar-refractivity contribution in [3.8, 4) is 5.75 Å². The van der Waals surface area contributed by atoms with Crippen molar-refractivity contribution in [1.29, 1.82) is 0 Å². The van der Waals surface area contributed by atoms with Crippen LogP contribution < -0.4 is 10.1 Å². The fourth-order valence-electron chi connectivity index (χ4n) is 2.00. The summed E-state index contributed by atoms with van der Waals surface area (Å²) in [5.41, 5.74) is 0.716. The van der Waals surface area contributed by atoms with E-state index in [0.29, 0.717) is 17.9 Å². The minimum absolute atomic E-state index is 0.0120. The summed E-state index contributed by atoms with van der Waals surface area (Å²) in [6.45, 7) is 2.79. The van der Waals surface area contributed by atoms with Crippen LogP contribution in [0.25, 0.3) is 6.08 Å². The van der Waals surface area contributed by atoms with Crippen molar-refractivity contribution in [2.75, 3.05) is 6.61 Å². The average molecular weight is 289 g/mol. The second kappa shape index (κ2) is 7.47. The summed E-state index contributed by atoms with van der Waals surface area (Å²) >= 11 is 0. The third kappa shape index (κ3) is 4.34. The molecule has 1 N–H and O–H groups in total.